The summed E-state index contributed by atoms with van der Waals surface area (Å²) in [5.74, 6) is 0.418. The zero-order valence-electron chi connectivity index (χ0n) is 9.78. The van der Waals surface area contributed by atoms with Gasteiger partial charge in [0, 0.05) is 5.56 Å². The monoisotopic (exact) mass is 250 g/mol. The highest BCUT2D eigenvalue weighted by molar-refractivity contribution is 5.51. The Kier molecular flexibility index (Phi) is 4.68. The van der Waals surface area contributed by atoms with E-state index in [9.17, 15) is 0 Å². The average molecular weight is 250 g/mol. The van der Waals surface area contributed by atoms with E-state index in [2.05, 4.69) is 10.2 Å². The van der Waals surface area contributed by atoms with Crippen LogP contribution < -0.4 is 4.74 Å². The van der Waals surface area contributed by atoms with Gasteiger partial charge in [-0.3, -0.25) is 0 Å². The van der Waals surface area contributed by atoms with Crippen LogP contribution in [0.3, 0.4) is 0 Å². The van der Waals surface area contributed by atoms with Crippen molar-refractivity contribution in [3.8, 4) is 17.5 Å². The van der Waals surface area contributed by atoms with Gasteiger partial charge in [0.15, 0.2) is 0 Å². The lowest BCUT2D eigenvalue weighted by molar-refractivity contribution is 0.0632. The smallest absolute Gasteiger partial charge is 0.414 e. The fourth-order valence-corrected chi connectivity index (χ4v) is 1.32. The molecule has 0 saturated carbocycles. The quantitative estimate of drug-likeness (QED) is 0.742. The summed E-state index contributed by atoms with van der Waals surface area (Å²) >= 11 is 0. The summed E-state index contributed by atoms with van der Waals surface area (Å²) in [6.07, 6.45) is 0.112. The molecule has 0 radical (unpaired) electrons. The third-order valence-electron chi connectivity index (χ3n) is 2.12. The van der Waals surface area contributed by atoms with Crippen LogP contribution >= 0.6 is 0 Å². The summed E-state index contributed by atoms with van der Waals surface area (Å²) in [4.78, 5) is 0. The van der Waals surface area contributed by atoms with Gasteiger partial charge in [0.1, 0.15) is 6.61 Å². The maximum absolute atomic E-state index is 8.51. The molecule has 1 aromatic carbocycles. The molecule has 1 N–H and O–H groups in total. The van der Waals surface area contributed by atoms with Gasteiger partial charge in [0.05, 0.1) is 19.8 Å². The van der Waals surface area contributed by atoms with Crippen molar-refractivity contribution in [2.24, 2.45) is 0 Å². The Balaban J connectivity index is 1.83. The van der Waals surface area contributed by atoms with Crippen LogP contribution in [0.15, 0.2) is 34.7 Å². The lowest BCUT2D eigenvalue weighted by atomic mass is 10.2. The van der Waals surface area contributed by atoms with Crippen LogP contribution in [0.2, 0.25) is 0 Å². The van der Waals surface area contributed by atoms with Crippen molar-refractivity contribution in [2.45, 2.75) is 0 Å². The number of aliphatic hydroxyl groups excluding tert-OH is 1. The molecular formula is C12H14N2O4. The van der Waals surface area contributed by atoms with E-state index in [-0.39, 0.29) is 12.7 Å². The normalized spacial score (nSPS) is 10.5. The Morgan fingerprint density at radius 3 is 2.67 bits per heavy atom. The van der Waals surface area contributed by atoms with E-state index in [0.29, 0.717) is 25.7 Å². The minimum Gasteiger partial charge on any atom is -0.447 e. The van der Waals surface area contributed by atoms with Gasteiger partial charge in [-0.15, -0.1) is 5.10 Å². The molecule has 2 rings (SSSR count). The maximum atomic E-state index is 8.51. The zero-order valence-corrected chi connectivity index (χ0v) is 9.78. The Morgan fingerprint density at radius 2 is 1.89 bits per heavy atom. The molecule has 0 aliphatic rings. The number of nitrogens with zero attached hydrogens (tertiary/aromatic N) is 2. The number of hydrogen-bond acceptors (Lipinski definition) is 6. The first-order valence-electron chi connectivity index (χ1n) is 5.60. The van der Waals surface area contributed by atoms with E-state index in [0.717, 1.165) is 5.56 Å². The molecule has 0 aliphatic carbocycles. The molecule has 1 heterocycles. The van der Waals surface area contributed by atoms with Gasteiger partial charge in [0.2, 0.25) is 0 Å². The summed E-state index contributed by atoms with van der Waals surface area (Å²) in [6, 6.07) is 9.45. The van der Waals surface area contributed by atoms with E-state index in [4.69, 9.17) is 19.0 Å². The number of ether oxygens (including phenoxy) is 2. The standard InChI is InChI=1S/C12H14N2O4/c15-6-7-16-8-9-17-12-14-13-11(18-12)10-4-2-1-3-5-10/h1-5,15H,6-9H2. The predicted octanol–water partition coefficient (Wildman–Crippen LogP) is 1.12. The summed E-state index contributed by atoms with van der Waals surface area (Å²) in [7, 11) is 0. The van der Waals surface area contributed by atoms with Crippen LogP contribution in [0.25, 0.3) is 11.5 Å². The van der Waals surface area contributed by atoms with Crippen molar-refractivity contribution >= 4 is 0 Å². The Bertz CT molecular complexity index is 458. The Hall–Kier alpha value is -1.92. The van der Waals surface area contributed by atoms with Crippen LogP contribution in [0.1, 0.15) is 0 Å². The van der Waals surface area contributed by atoms with Crippen LogP contribution in [-0.4, -0.2) is 41.7 Å². The molecule has 6 nitrogen and oxygen atoms in total. The summed E-state index contributed by atoms with van der Waals surface area (Å²) < 4.78 is 15.6. The second kappa shape index (κ2) is 6.73. The lowest BCUT2D eigenvalue weighted by Crippen LogP contribution is -2.09. The largest absolute Gasteiger partial charge is 0.447 e. The van der Waals surface area contributed by atoms with Crippen LogP contribution in [0.4, 0.5) is 0 Å². The van der Waals surface area contributed by atoms with Crippen molar-refractivity contribution in [1.29, 1.82) is 0 Å². The van der Waals surface area contributed by atoms with E-state index in [1.54, 1.807) is 0 Å². The average Bonchev–Trinajstić information content (AvgIpc) is 2.88. The van der Waals surface area contributed by atoms with E-state index >= 15 is 0 Å². The van der Waals surface area contributed by atoms with Crippen LogP contribution in [-0.2, 0) is 4.74 Å². The molecule has 0 unspecified atom stereocenters. The molecule has 96 valence electrons. The molecule has 0 saturated heterocycles. The van der Waals surface area contributed by atoms with Crippen molar-refractivity contribution in [1.82, 2.24) is 10.2 Å². The SMILES string of the molecule is OCCOCCOc1nnc(-c2ccccc2)o1. The number of benzene rings is 1. The van der Waals surface area contributed by atoms with Crippen molar-refractivity contribution < 1.29 is 19.0 Å². The highest BCUT2D eigenvalue weighted by Crippen LogP contribution is 2.19. The molecular weight excluding hydrogens is 236 g/mol. The number of rotatable bonds is 7. The van der Waals surface area contributed by atoms with Gasteiger partial charge in [-0.25, -0.2) is 0 Å². The number of aromatic nitrogens is 2. The summed E-state index contributed by atoms with van der Waals surface area (Å²) in [5, 5.41) is 16.2. The molecule has 6 heteroatoms. The van der Waals surface area contributed by atoms with E-state index in [1.165, 1.54) is 0 Å². The zero-order chi connectivity index (χ0) is 12.6. The van der Waals surface area contributed by atoms with Crippen LogP contribution in [0, 0.1) is 0 Å². The summed E-state index contributed by atoms with van der Waals surface area (Å²) in [6.45, 7) is 0.960. The van der Waals surface area contributed by atoms with Crippen LogP contribution in [0.5, 0.6) is 6.08 Å². The second-order valence-electron chi connectivity index (χ2n) is 3.42. The van der Waals surface area contributed by atoms with Crippen molar-refractivity contribution in [3.05, 3.63) is 30.3 Å². The maximum Gasteiger partial charge on any atom is 0.414 e. The van der Waals surface area contributed by atoms with E-state index in [1.807, 2.05) is 30.3 Å². The predicted molar refractivity (Wildman–Crippen MR) is 63.1 cm³/mol. The molecule has 0 spiro atoms. The third kappa shape index (κ3) is 3.54. The fourth-order valence-electron chi connectivity index (χ4n) is 1.32. The molecule has 2 aromatic rings. The molecule has 1 aromatic heterocycles. The highest BCUT2D eigenvalue weighted by atomic mass is 16.6. The molecule has 0 fully saturated rings. The molecule has 18 heavy (non-hydrogen) atoms. The van der Waals surface area contributed by atoms with Gasteiger partial charge < -0.3 is 19.0 Å². The van der Waals surface area contributed by atoms with Crippen molar-refractivity contribution in [2.75, 3.05) is 26.4 Å². The molecule has 0 bridgehead atoms. The Labute approximate surface area is 104 Å². The minimum absolute atomic E-state index is 0.00128. The Morgan fingerprint density at radius 1 is 1.06 bits per heavy atom. The van der Waals surface area contributed by atoms with Gasteiger partial charge in [-0.05, 0) is 12.1 Å². The number of aliphatic hydroxyl groups is 1. The van der Waals surface area contributed by atoms with Crippen molar-refractivity contribution in [3.63, 3.8) is 0 Å². The molecule has 0 aliphatic heterocycles. The van der Waals surface area contributed by atoms with Gasteiger partial charge in [-0.2, -0.15) is 0 Å². The first-order valence-corrected chi connectivity index (χ1v) is 5.60. The third-order valence-corrected chi connectivity index (χ3v) is 2.12. The van der Waals surface area contributed by atoms with Gasteiger partial charge >= 0.3 is 6.08 Å². The first-order chi connectivity index (χ1) is 8.90. The second-order valence-corrected chi connectivity index (χ2v) is 3.42. The van der Waals surface area contributed by atoms with Gasteiger partial charge in [0.25, 0.3) is 5.89 Å². The lowest BCUT2D eigenvalue weighted by Gasteiger charge is -2.01. The summed E-state index contributed by atoms with van der Waals surface area (Å²) in [5.41, 5.74) is 0.844. The molecule has 0 amide bonds. The topological polar surface area (TPSA) is 77.6 Å². The highest BCUT2D eigenvalue weighted by Gasteiger charge is 2.08. The van der Waals surface area contributed by atoms with E-state index < -0.39 is 0 Å². The molecule has 0 atom stereocenters. The fraction of sp³-hybridized carbons (Fsp3) is 0.333. The first kappa shape index (κ1) is 12.5. The van der Waals surface area contributed by atoms with Gasteiger partial charge in [-0.1, -0.05) is 23.3 Å². The number of hydrogen-bond donors (Lipinski definition) is 1. The minimum atomic E-state index is -0.00128.